The second-order valence-electron chi connectivity index (χ2n) is 5.14. The summed E-state index contributed by atoms with van der Waals surface area (Å²) in [4.78, 5) is 4.19. The molecular weight excluding hydrogens is 251 g/mol. The number of benzene rings is 1. The lowest BCUT2D eigenvalue weighted by Gasteiger charge is -2.22. The van der Waals surface area contributed by atoms with Crippen molar-refractivity contribution in [1.82, 2.24) is 10.3 Å². The van der Waals surface area contributed by atoms with Gasteiger partial charge < -0.3 is 5.32 Å². The lowest BCUT2D eigenvalue weighted by atomic mass is 9.95. The van der Waals surface area contributed by atoms with Crippen molar-refractivity contribution in [1.29, 1.82) is 0 Å². The standard InChI is InChI=1S/C17H21FN2/c1-4-8-20-17(15-11-19-9-7-13(15)3)14-10-12(2)5-6-16(14)18/h5-7,9-11,17,20H,4,8H2,1-3H3. The van der Waals surface area contributed by atoms with E-state index in [4.69, 9.17) is 0 Å². The van der Waals surface area contributed by atoms with Crippen molar-refractivity contribution in [3.63, 3.8) is 0 Å². The van der Waals surface area contributed by atoms with E-state index in [-0.39, 0.29) is 11.9 Å². The minimum Gasteiger partial charge on any atom is -0.306 e. The molecule has 1 N–H and O–H groups in total. The maximum Gasteiger partial charge on any atom is 0.128 e. The van der Waals surface area contributed by atoms with Gasteiger partial charge in [0.25, 0.3) is 0 Å². The lowest BCUT2D eigenvalue weighted by molar-refractivity contribution is 0.544. The summed E-state index contributed by atoms with van der Waals surface area (Å²) >= 11 is 0. The molecule has 2 rings (SSSR count). The average Bonchev–Trinajstić information content (AvgIpc) is 2.44. The molecule has 0 spiro atoms. The van der Waals surface area contributed by atoms with Gasteiger partial charge in [-0.2, -0.15) is 0 Å². The fourth-order valence-electron chi connectivity index (χ4n) is 2.34. The van der Waals surface area contributed by atoms with Gasteiger partial charge in [0.05, 0.1) is 6.04 Å². The quantitative estimate of drug-likeness (QED) is 0.892. The van der Waals surface area contributed by atoms with E-state index < -0.39 is 0 Å². The molecule has 106 valence electrons. The van der Waals surface area contributed by atoms with Crippen LogP contribution in [0.25, 0.3) is 0 Å². The molecule has 0 fully saturated rings. The van der Waals surface area contributed by atoms with E-state index in [1.54, 1.807) is 12.3 Å². The third-order valence-electron chi connectivity index (χ3n) is 3.45. The minimum absolute atomic E-state index is 0.149. The highest BCUT2D eigenvalue weighted by Gasteiger charge is 2.19. The molecule has 0 saturated heterocycles. The molecule has 1 atom stereocenters. The fourth-order valence-corrected chi connectivity index (χ4v) is 2.34. The van der Waals surface area contributed by atoms with E-state index in [0.717, 1.165) is 29.7 Å². The zero-order chi connectivity index (χ0) is 14.5. The lowest BCUT2D eigenvalue weighted by Crippen LogP contribution is -2.25. The van der Waals surface area contributed by atoms with Gasteiger partial charge in [0, 0.05) is 18.0 Å². The van der Waals surface area contributed by atoms with Crippen LogP contribution in [0.5, 0.6) is 0 Å². The van der Waals surface area contributed by atoms with E-state index in [2.05, 4.69) is 17.2 Å². The summed E-state index contributed by atoms with van der Waals surface area (Å²) in [6.07, 6.45) is 4.59. The van der Waals surface area contributed by atoms with E-state index >= 15 is 0 Å². The molecule has 2 nitrogen and oxygen atoms in total. The van der Waals surface area contributed by atoms with Gasteiger partial charge >= 0.3 is 0 Å². The largest absolute Gasteiger partial charge is 0.306 e. The van der Waals surface area contributed by atoms with Crippen molar-refractivity contribution in [2.75, 3.05) is 6.54 Å². The Kier molecular flexibility index (Phi) is 4.85. The molecule has 0 aliphatic rings. The van der Waals surface area contributed by atoms with Crippen LogP contribution in [0.2, 0.25) is 0 Å². The van der Waals surface area contributed by atoms with Gasteiger partial charge in [-0.15, -0.1) is 0 Å². The first-order valence-electron chi connectivity index (χ1n) is 7.03. The number of aromatic nitrogens is 1. The number of hydrogen-bond donors (Lipinski definition) is 1. The highest BCUT2D eigenvalue weighted by molar-refractivity contribution is 5.37. The summed E-state index contributed by atoms with van der Waals surface area (Å²) in [6, 6.07) is 7.06. The number of nitrogens with one attached hydrogen (secondary N) is 1. The zero-order valence-electron chi connectivity index (χ0n) is 12.3. The first-order valence-corrected chi connectivity index (χ1v) is 7.03. The maximum atomic E-state index is 14.2. The van der Waals surface area contributed by atoms with Crippen molar-refractivity contribution in [3.05, 3.63) is 64.7 Å². The van der Waals surface area contributed by atoms with Crippen LogP contribution < -0.4 is 5.32 Å². The summed E-state index contributed by atoms with van der Waals surface area (Å²) in [5, 5.41) is 3.43. The van der Waals surface area contributed by atoms with Crippen LogP contribution >= 0.6 is 0 Å². The van der Waals surface area contributed by atoms with E-state index in [9.17, 15) is 4.39 Å². The third kappa shape index (κ3) is 3.23. The number of pyridine rings is 1. The van der Waals surface area contributed by atoms with Crippen molar-refractivity contribution in [2.45, 2.75) is 33.2 Å². The Hall–Kier alpha value is -1.74. The van der Waals surface area contributed by atoms with Crippen molar-refractivity contribution < 1.29 is 4.39 Å². The third-order valence-corrected chi connectivity index (χ3v) is 3.45. The molecule has 0 amide bonds. The van der Waals surface area contributed by atoms with Crippen molar-refractivity contribution >= 4 is 0 Å². The Morgan fingerprint density at radius 3 is 2.70 bits per heavy atom. The predicted octanol–water partition coefficient (Wildman–Crippen LogP) is 3.93. The molecule has 1 aromatic heterocycles. The number of nitrogens with zero attached hydrogens (tertiary/aromatic N) is 1. The second-order valence-corrected chi connectivity index (χ2v) is 5.14. The van der Waals surface area contributed by atoms with Crippen LogP contribution in [0.4, 0.5) is 4.39 Å². The van der Waals surface area contributed by atoms with Crippen molar-refractivity contribution in [2.24, 2.45) is 0 Å². The Balaban J connectivity index is 2.47. The summed E-state index contributed by atoms with van der Waals surface area (Å²) in [6.45, 7) is 6.96. The summed E-state index contributed by atoms with van der Waals surface area (Å²) in [5.41, 5.74) is 3.90. The van der Waals surface area contributed by atoms with Gasteiger partial charge in [0.1, 0.15) is 5.82 Å². The molecule has 20 heavy (non-hydrogen) atoms. The average molecular weight is 272 g/mol. The van der Waals surface area contributed by atoms with Gasteiger partial charge in [-0.1, -0.05) is 24.6 Å². The van der Waals surface area contributed by atoms with Crippen LogP contribution in [-0.4, -0.2) is 11.5 Å². The molecule has 0 saturated carbocycles. The van der Waals surface area contributed by atoms with Crippen LogP contribution in [0, 0.1) is 19.7 Å². The maximum absolute atomic E-state index is 14.2. The van der Waals surface area contributed by atoms with Crippen LogP contribution in [0.1, 0.15) is 41.6 Å². The Morgan fingerprint density at radius 1 is 1.20 bits per heavy atom. The fraction of sp³-hybridized carbons (Fsp3) is 0.353. The number of halogens is 1. The zero-order valence-corrected chi connectivity index (χ0v) is 12.3. The number of hydrogen-bond acceptors (Lipinski definition) is 2. The molecule has 1 unspecified atom stereocenters. The van der Waals surface area contributed by atoms with Gasteiger partial charge in [0.15, 0.2) is 0 Å². The molecule has 3 heteroatoms. The predicted molar refractivity (Wildman–Crippen MR) is 80.2 cm³/mol. The molecule has 0 aliphatic heterocycles. The van der Waals surface area contributed by atoms with E-state index in [1.165, 1.54) is 6.07 Å². The van der Waals surface area contributed by atoms with Crippen LogP contribution in [0.3, 0.4) is 0 Å². The number of aryl methyl sites for hydroxylation is 2. The molecule has 1 heterocycles. The van der Waals surface area contributed by atoms with Gasteiger partial charge in [-0.25, -0.2) is 4.39 Å². The monoisotopic (exact) mass is 272 g/mol. The van der Waals surface area contributed by atoms with E-state index in [0.29, 0.717) is 5.56 Å². The number of rotatable bonds is 5. The SMILES string of the molecule is CCCNC(c1cnccc1C)c1cc(C)ccc1F. The molecule has 1 aromatic carbocycles. The Morgan fingerprint density at radius 2 is 2.00 bits per heavy atom. The summed E-state index contributed by atoms with van der Waals surface area (Å²) < 4.78 is 14.2. The summed E-state index contributed by atoms with van der Waals surface area (Å²) in [7, 11) is 0. The highest BCUT2D eigenvalue weighted by Crippen LogP contribution is 2.27. The van der Waals surface area contributed by atoms with E-state index in [1.807, 2.05) is 32.2 Å². The topological polar surface area (TPSA) is 24.9 Å². The van der Waals surface area contributed by atoms with Crippen molar-refractivity contribution in [3.8, 4) is 0 Å². The summed E-state index contributed by atoms with van der Waals surface area (Å²) in [5.74, 6) is -0.174. The highest BCUT2D eigenvalue weighted by atomic mass is 19.1. The molecule has 2 aromatic rings. The van der Waals surface area contributed by atoms with Gasteiger partial charge in [-0.05, 0) is 50.1 Å². The Bertz CT molecular complexity index is 581. The molecule has 0 bridgehead atoms. The molecule has 0 radical (unpaired) electrons. The van der Waals surface area contributed by atoms with Gasteiger partial charge in [0.2, 0.25) is 0 Å². The first-order chi connectivity index (χ1) is 9.63. The van der Waals surface area contributed by atoms with Crippen LogP contribution in [-0.2, 0) is 0 Å². The molecule has 0 aliphatic carbocycles. The normalized spacial score (nSPS) is 12.4. The minimum atomic E-state index is -0.174. The first kappa shape index (κ1) is 14.7. The van der Waals surface area contributed by atoms with Gasteiger partial charge in [-0.3, -0.25) is 4.98 Å². The second kappa shape index (κ2) is 6.62. The Labute approximate surface area is 120 Å². The van der Waals surface area contributed by atoms with Crippen LogP contribution in [0.15, 0.2) is 36.7 Å². The smallest absolute Gasteiger partial charge is 0.128 e. The molecular formula is C17H21FN2.